The van der Waals surface area contributed by atoms with E-state index in [0.29, 0.717) is 75.5 Å². The van der Waals surface area contributed by atoms with Gasteiger partial charge in [-0.2, -0.15) is 20.4 Å². The number of carbonyl (C=O) groups excluding carboxylic acids is 5. The smallest absolute Gasteiger partial charge is 0.553 e. The standard InChI is InChI=1S/C24H20FN7O.C19H17FN6O2.C17H13FN6O2.C10H10N4O.C9H9FN2O4.C9H11FN2O2.C6H8N2.C2H6.CH4O.H2NO.Na/c1-32-13-16(12-29-32)15-10-17(23(26)28-11-15)24-30-19-4-3-18(25)21(22(19)31-24)20(33)5-2-14-6-8-27-9-7-14;1-3-28-19(27)15-13(20)4-5-14-16(15)25-18(24-14)12-6-10(7-22-17(12)21)11-8-23-26(2)9-11;1-24-7-9(6-21-24)8-4-10(15(19)20-5-8)16-22-12-3-2-11(18)13(17(25)26)14(12)23-16;1-14-5-9(4-13-14)7-2-8(6-15)10(11)12-3-7;1-2-16-9(13)7-5(10)3-4-6(8(7)11)12(14)15;1-2-14-9(13)7-5(10)3-4-6(11)8(7)12;7-5-6-1-3-8-4-2-6;3*1-2;/h3-4,6-13H,2,5H2,1H3,(H2,26,28)(H,30,31);4-9H,3H2,1-2H3,(H2,21,22)(H,24,25);2-7H,1H3,(H2,19,20)(H,22,23)(H,25,26);2-6H,1H3,(H2,11,12);3-4H,2,11H2,1H3;3-4H,2,11-12H2,1H3;1-4H,5,7H2;1-2H3;2H,1H3;1-2H;/q;;;;;;;;;-1;+1. The quantitative estimate of drug-likeness (QED) is 0.00366. The molecule has 0 bridgehead atoms. The average Bonchev–Trinajstić information content (AvgIpc) is 1.63. The number of ketones is 1. The number of nitrogens with one attached hydrogen (secondary N) is 4. The molecule has 18 aromatic rings. The molecule has 0 saturated heterocycles. The fourth-order valence-electron chi connectivity index (χ4n) is 13.5. The van der Waals surface area contributed by atoms with E-state index in [4.69, 9.17) is 66.8 Å². The normalized spacial score (nSPS) is 10.3. The first-order valence-electron chi connectivity index (χ1n) is 43.6. The maximum absolute atomic E-state index is 14.7. The molecular formula is C97H100F5N30NaO14. The molecule has 0 aliphatic rings. The Morgan fingerprint density at radius 2 is 0.762 bits per heavy atom. The number of aliphatic hydroxyl groups is 1. The number of nitro benzene ring substituents is 1. The van der Waals surface area contributed by atoms with Gasteiger partial charge >= 0.3 is 53.4 Å². The maximum Gasteiger partial charge on any atom is 1.00 e. The molecule has 44 nitrogen and oxygen atoms in total. The third-order valence-electron chi connectivity index (χ3n) is 20.5. The second-order valence-corrected chi connectivity index (χ2v) is 30.0. The molecule has 0 fully saturated rings. The number of anilines is 7. The zero-order valence-electron chi connectivity index (χ0n) is 80.8. The topological polar surface area (TPSA) is 701 Å². The average molecular weight is 2030 g/mol. The number of carboxylic acids is 1. The van der Waals surface area contributed by atoms with Gasteiger partial charge in [-0.05, 0) is 141 Å². The number of hydrogen-bond acceptors (Lipinski definition) is 34. The molecule has 0 amide bonds. The molecule has 5 aromatic carbocycles. The van der Waals surface area contributed by atoms with Crippen LogP contribution in [0.3, 0.4) is 0 Å². The van der Waals surface area contributed by atoms with Crippen molar-refractivity contribution in [1.29, 1.82) is 0 Å². The Kier molecular flexibility index (Phi) is 42.2. The van der Waals surface area contributed by atoms with Gasteiger partial charge in [-0.3, -0.25) is 48.4 Å². The van der Waals surface area contributed by atoms with Crippen LogP contribution in [0.1, 0.15) is 114 Å². The number of aryl methyl sites for hydroxylation is 5. The molecule has 147 heavy (non-hydrogen) atoms. The van der Waals surface area contributed by atoms with E-state index in [1.54, 1.807) is 132 Å². The van der Waals surface area contributed by atoms with Crippen LogP contribution in [-0.4, -0.2) is 182 Å². The van der Waals surface area contributed by atoms with Crippen molar-refractivity contribution >= 4 is 115 Å². The summed E-state index contributed by atoms with van der Waals surface area (Å²) in [5, 5.41) is 49.5. The van der Waals surface area contributed by atoms with E-state index in [1.807, 2.05) is 96.2 Å². The summed E-state index contributed by atoms with van der Waals surface area (Å²) in [4.78, 5) is 126. The Morgan fingerprint density at radius 3 is 1.11 bits per heavy atom. The molecular weight excluding hydrogens is 1930 g/mol. The van der Waals surface area contributed by atoms with E-state index in [2.05, 4.69) is 89.7 Å². The molecule has 0 aliphatic carbocycles. The summed E-state index contributed by atoms with van der Waals surface area (Å²) >= 11 is 0. The first-order chi connectivity index (χ1) is 70.1. The summed E-state index contributed by atoms with van der Waals surface area (Å²) in [6.07, 6.45) is 28.9. The molecule has 0 saturated carbocycles. The molecule has 758 valence electrons. The number of nitrogen functional groups attached to an aromatic ring is 7. The van der Waals surface area contributed by atoms with E-state index >= 15 is 0 Å². The van der Waals surface area contributed by atoms with E-state index in [9.17, 15) is 65.9 Å². The van der Waals surface area contributed by atoms with Crippen molar-refractivity contribution in [2.24, 2.45) is 33.9 Å². The van der Waals surface area contributed by atoms with Crippen molar-refractivity contribution in [3.05, 3.63) is 298 Å². The van der Waals surface area contributed by atoms with Crippen molar-refractivity contribution in [2.75, 3.05) is 67.1 Å². The van der Waals surface area contributed by atoms with E-state index in [1.165, 1.54) is 37.3 Å². The molecule has 23 N–H and O–H groups in total. The number of halogens is 5. The Morgan fingerprint density at radius 1 is 0.442 bits per heavy atom. The number of fused-ring (bicyclic) bond motifs is 3. The summed E-state index contributed by atoms with van der Waals surface area (Å²) in [6, 6.07) is 26.8. The minimum atomic E-state index is -1.39. The summed E-state index contributed by atoms with van der Waals surface area (Å²) in [5.74, 6) is -1.26. The second-order valence-electron chi connectivity index (χ2n) is 30.0. The van der Waals surface area contributed by atoms with Gasteiger partial charge in [-0.25, -0.2) is 76.0 Å². The minimum Gasteiger partial charge on any atom is -0.553 e. The van der Waals surface area contributed by atoms with Gasteiger partial charge < -0.3 is 96.3 Å². The summed E-state index contributed by atoms with van der Waals surface area (Å²) in [6.45, 7) is 9.73. The van der Waals surface area contributed by atoms with Crippen molar-refractivity contribution < 1.29 is 115 Å². The number of aldehydes is 1. The molecule has 50 heteroatoms. The molecule has 0 atom stereocenters. The van der Waals surface area contributed by atoms with Crippen LogP contribution >= 0.6 is 0 Å². The number of aromatic amines is 3. The predicted octanol–water partition coefficient (Wildman–Crippen LogP) is 11.5. The fraction of sp³-hybridized carbons (Fsp3) is 0.165. The van der Waals surface area contributed by atoms with Crippen molar-refractivity contribution in [3.8, 4) is 78.7 Å². The van der Waals surface area contributed by atoms with Crippen LogP contribution in [0.4, 0.5) is 68.0 Å². The van der Waals surface area contributed by atoms with E-state index in [0.717, 1.165) is 87.0 Å². The molecule has 0 radical (unpaired) electrons. The van der Waals surface area contributed by atoms with Gasteiger partial charge in [-0.15, -0.1) is 0 Å². The molecule has 18 rings (SSSR count). The van der Waals surface area contributed by atoms with E-state index in [-0.39, 0.29) is 129 Å². The molecule has 0 unspecified atom stereocenters. The third kappa shape index (κ3) is 28.9. The number of esters is 3. The van der Waals surface area contributed by atoms with Gasteiger partial charge in [-0.1, -0.05) is 13.8 Å². The SMILES string of the molecule is CC.CCOC(=O)c1c(F)ccc(N)c1N.CCOC(=O)c1c(F)ccc([N+](=O)[O-])c1N.CCOC(=O)c1c(F)ccc2[nH]c(-c3cc(-c4cnn(C)c4)cnc3N)nc12.CO.Cn1cc(-c2cnc(N)c(-c3nc4c(C(=O)CCc5ccncc5)c(F)ccc4[nH]3)c2)cn1.Cn1cc(-c2cnc(N)c(-c3nc4c(C(=O)O)c(F)ccc4[nH]3)c2)cn1.Cn1cc(-c2cnc(N)c(C=O)c2)cn1.NCc1ccncc1.[NH-]O.[Na+]. The zero-order chi connectivity index (χ0) is 107. The van der Waals surface area contributed by atoms with Crippen molar-refractivity contribution in [2.45, 2.75) is 54.0 Å². The second kappa shape index (κ2) is 54.3. The number of nitrogens with zero attached hydrogens (tertiary/aromatic N) is 18. The number of Topliss-reactive ketones (excluding diaryl/α,β-unsaturated/α-hetero) is 1. The summed E-state index contributed by atoms with van der Waals surface area (Å²) in [5.41, 5.74) is 55.3. The van der Waals surface area contributed by atoms with Crippen LogP contribution in [0.15, 0.2) is 208 Å². The Labute approximate surface area is 855 Å². The number of imidazole rings is 3. The van der Waals surface area contributed by atoms with Gasteiger partial charge in [0.05, 0.1) is 105 Å². The van der Waals surface area contributed by atoms with Gasteiger partial charge in [0.2, 0.25) is 0 Å². The number of carbonyl (C=O) groups is 6. The molecule has 0 aliphatic heterocycles. The Hall–Kier alpha value is -18.0. The molecule has 13 aromatic heterocycles. The van der Waals surface area contributed by atoms with Crippen LogP contribution in [-0.2, 0) is 55.4 Å². The van der Waals surface area contributed by atoms with Crippen LogP contribution in [0.2, 0.25) is 0 Å². The first kappa shape index (κ1) is 114. The number of ether oxygens (including phenoxy) is 3. The largest absolute Gasteiger partial charge is 1.00 e. The van der Waals surface area contributed by atoms with Crippen LogP contribution in [0.25, 0.3) is 118 Å². The predicted molar refractivity (Wildman–Crippen MR) is 536 cm³/mol. The Bertz CT molecular complexity index is 7630. The minimum absolute atomic E-state index is 0. The Balaban J connectivity index is 0.000000214. The number of pyridine rings is 6. The fourth-order valence-corrected chi connectivity index (χ4v) is 13.5. The number of H-pyrrole nitrogens is 3. The number of hydrogen-bond donors (Lipinski definition) is 14. The van der Waals surface area contributed by atoms with Gasteiger partial charge in [0.25, 0.3) is 5.69 Å². The third-order valence-corrected chi connectivity index (χ3v) is 20.5. The number of aromatic nitrogens is 20. The van der Waals surface area contributed by atoms with Crippen LogP contribution in [0, 0.1) is 39.2 Å². The number of rotatable bonds is 21. The monoisotopic (exact) mass is 2030 g/mol. The summed E-state index contributed by atoms with van der Waals surface area (Å²) in [7, 11) is 8.28. The first-order valence-corrected chi connectivity index (χ1v) is 43.6. The van der Waals surface area contributed by atoms with Crippen molar-refractivity contribution in [3.63, 3.8) is 0 Å². The number of aliphatic hydroxyl groups excluding tert-OH is 1. The molecule has 13 heterocycles. The summed E-state index contributed by atoms with van der Waals surface area (Å²) < 4.78 is 90.2. The van der Waals surface area contributed by atoms with Crippen LogP contribution < -0.4 is 75.4 Å². The number of benzene rings is 5. The number of carboxylic acid groups (broad SMARTS) is 1. The van der Waals surface area contributed by atoms with Gasteiger partial charge in [0.15, 0.2) is 12.1 Å². The molecule has 0 spiro atoms. The zero-order valence-corrected chi connectivity index (χ0v) is 82.8. The maximum atomic E-state index is 14.7. The number of aromatic carboxylic acids is 1. The number of nitro groups is 1. The van der Waals surface area contributed by atoms with Gasteiger partial charge in [0.1, 0.15) is 114 Å². The van der Waals surface area contributed by atoms with E-state index < -0.39 is 80.4 Å². The van der Waals surface area contributed by atoms with Crippen molar-refractivity contribution in [1.82, 2.24) is 98.9 Å². The van der Waals surface area contributed by atoms with Crippen LogP contribution in [0.5, 0.6) is 0 Å². The number of nitrogens with two attached hydrogens (primary N) is 8. The van der Waals surface area contributed by atoms with Gasteiger partial charge in [0, 0.05) is 173 Å².